The van der Waals surface area contributed by atoms with Crippen molar-refractivity contribution in [2.24, 2.45) is 5.92 Å². The Kier molecular flexibility index (Phi) is 4.47. The number of hydrogen-bond acceptors (Lipinski definition) is 5. The second kappa shape index (κ2) is 6.49. The number of amides is 2. The third kappa shape index (κ3) is 3.46. The average Bonchev–Trinajstić information content (AvgIpc) is 3.12. The predicted molar refractivity (Wildman–Crippen MR) is 77.0 cm³/mol. The third-order valence-electron chi connectivity index (χ3n) is 3.92. The first-order chi connectivity index (χ1) is 9.81. The molecule has 2 heterocycles. The molecule has 1 aromatic rings. The molecule has 110 valence electrons. The maximum absolute atomic E-state index is 12.0. The van der Waals surface area contributed by atoms with Crippen molar-refractivity contribution in [3.05, 3.63) is 5.01 Å². The number of hydrogen-bond donors (Lipinski definition) is 1. The number of ether oxygens (including phenoxy) is 1. The molecule has 2 amide bonds. The molecular formula is C13H20N4O2S. The van der Waals surface area contributed by atoms with Crippen molar-refractivity contribution in [1.82, 2.24) is 15.1 Å². The highest BCUT2D eigenvalue weighted by Gasteiger charge is 2.20. The van der Waals surface area contributed by atoms with Crippen molar-refractivity contribution in [2.45, 2.75) is 32.1 Å². The van der Waals surface area contributed by atoms with Crippen LogP contribution < -0.4 is 5.32 Å². The number of rotatable bonds is 3. The van der Waals surface area contributed by atoms with Crippen LogP contribution >= 0.6 is 11.3 Å². The van der Waals surface area contributed by atoms with Gasteiger partial charge in [-0.15, -0.1) is 10.2 Å². The van der Waals surface area contributed by atoms with Crippen LogP contribution in [0.4, 0.5) is 9.93 Å². The Morgan fingerprint density at radius 1 is 1.30 bits per heavy atom. The Bertz CT molecular complexity index is 453. The molecule has 1 aliphatic carbocycles. The summed E-state index contributed by atoms with van der Waals surface area (Å²) in [5.41, 5.74) is 0. The summed E-state index contributed by atoms with van der Waals surface area (Å²) in [5.74, 6) is 0.755. The highest BCUT2D eigenvalue weighted by molar-refractivity contribution is 7.15. The monoisotopic (exact) mass is 296 g/mol. The van der Waals surface area contributed by atoms with Crippen LogP contribution in [-0.4, -0.2) is 47.4 Å². The lowest BCUT2D eigenvalue weighted by Gasteiger charge is -2.26. The van der Waals surface area contributed by atoms with Gasteiger partial charge in [0.05, 0.1) is 13.2 Å². The van der Waals surface area contributed by atoms with Gasteiger partial charge in [-0.3, -0.25) is 5.32 Å². The largest absolute Gasteiger partial charge is 0.378 e. The molecule has 1 saturated carbocycles. The predicted octanol–water partition coefficient (Wildman–Crippen LogP) is 2.13. The van der Waals surface area contributed by atoms with Gasteiger partial charge in [-0.1, -0.05) is 37.0 Å². The molecule has 6 nitrogen and oxygen atoms in total. The highest BCUT2D eigenvalue weighted by Crippen LogP contribution is 2.29. The molecule has 0 atom stereocenters. The number of aromatic nitrogens is 2. The Morgan fingerprint density at radius 2 is 2.05 bits per heavy atom. The highest BCUT2D eigenvalue weighted by atomic mass is 32.1. The van der Waals surface area contributed by atoms with Gasteiger partial charge in [0.15, 0.2) is 0 Å². The molecule has 1 aromatic heterocycles. The Labute approximate surface area is 122 Å². The number of urea groups is 1. The lowest BCUT2D eigenvalue weighted by atomic mass is 10.1. The molecule has 20 heavy (non-hydrogen) atoms. The van der Waals surface area contributed by atoms with Gasteiger partial charge >= 0.3 is 6.03 Å². The summed E-state index contributed by atoms with van der Waals surface area (Å²) >= 11 is 1.50. The van der Waals surface area contributed by atoms with Crippen LogP contribution in [0.1, 0.15) is 30.7 Å². The van der Waals surface area contributed by atoms with Crippen molar-refractivity contribution in [2.75, 3.05) is 31.6 Å². The Morgan fingerprint density at radius 3 is 2.80 bits per heavy atom. The van der Waals surface area contributed by atoms with Gasteiger partial charge in [0.2, 0.25) is 5.13 Å². The lowest BCUT2D eigenvalue weighted by Crippen LogP contribution is -2.43. The molecule has 7 heteroatoms. The zero-order chi connectivity index (χ0) is 13.8. The van der Waals surface area contributed by atoms with E-state index < -0.39 is 0 Å². The fourth-order valence-corrected chi connectivity index (χ4v) is 3.63. The van der Waals surface area contributed by atoms with E-state index in [0.29, 0.717) is 31.4 Å². The molecule has 0 unspecified atom stereocenters. The van der Waals surface area contributed by atoms with E-state index in [1.807, 2.05) is 0 Å². The fourth-order valence-electron chi connectivity index (χ4n) is 2.79. The minimum Gasteiger partial charge on any atom is -0.378 e. The summed E-state index contributed by atoms with van der Waals surface area (Å²) in [7, 11) is 0. The van der Waals surface area contributed by atoms with Crippen molar-refractivity contribution >= 4 is 22.5 Å². The molecule has 2 fully saturated rings. The normalized spacial score (nSPS) is 20.3. The van der Waals surface area contributed by atoms with Crippen molar-refractivity contribution in [1.29, 1.82) is 0 Å². The van der Waals surface area contributed by atoms with Gasteiger partial charge in [-0.2, -0.15) is 0 Å². The number of nitrogens with zero attached hydrogens (tertiary/aromatic N) is 3. The van der Waals surface area contributed by atoms with E-state index in [1.54, 1.807) is 4.90 Å². The summed E-state index contributed by atoms with van der Waals surface area (Å²) < 4.78 is 5.23. The first kappa shape index (κ1) is 13.8. The van der Waals surface area contributed by atoms with Crippen LogP contribution in [0.25, 0.3) is 0 Å². The van der Waals surface area contributed by atoms with Crippen LogP contribution in [0.2, 0.25) is 0 Å². The van der Waals surface area contributed by atoms with Crippen LogP contribution in [0.3, 0.4) is 0 Å². The van der Waals surface area contributed by atoms with Gasteiger partial charge in [-0.25, -0.2) is 4.79 Å². The van der Waals surface area contributed by atoms with Crippen LogP contribution in [-0.2, 0) is 11.2 Å². The summed E-state index contributed by atoms with van der Waals surface area (Å²) in [6.07, 6.45) is 6.28. The summed E-state index contributed by atoms with van der Waals surface area (Å²) in [5, 5.41) is 12.7. The first-order valence-corrected chi connectivity index (χ1v) is 8.09. The molecule has 0 radical (unpaired) electrons. The number of morpholine rings is 1. The molecule has 1 aliphatic heterocycles. The molecule has 0 spiro atoms. The van der Waals surface area contributed by atoms with E-state index in [-0.39, 0.29) is 6.03 Å². The topological polar surface area (TPSA) is 67.4 Å². The van der Waals surface area contributed by atoms with Gasteiger partial charge in [0.25, 0.3) is 0 Å². The average molecular weight is 296 g/mol. The van der Waals surface area contributed by atoms with Gasteiger partial charge in [0, 0.05) is 19.5 Å². The molecular weight excluding hydrogens is 276 g/mol. The third-order valence-corrected chi connectivity index (χ3v) is 4.78. The number of anilines is 1. The van der Waals surface area contributed by atoms with E-state index in [1.165, 1.54) is 37.0 Å². The van der Waals surface area contributed by atoms with Crippen molar-refractivity contribution in [3.8, 4) is 0 Å². The molecule has 1 N–H and O–H groups in total. The first-order valence-electron chi connectivity index (χ1n) is 7.27. The number of carbonyl (C=O) groups is 1. The van der Waals surface area contributed by atoms with Gasteiger partial charge in [-0.05, 0) is 5.92 Å². The van der Waals surface area contributed by atoms with E-state index >= 15 is 0 Å². The second-order valence-electron chi connectivity index (χ2n) is 5.39. The minimum absolute atomic E-state index is 0.100. The summed E-state index contributed by atoms with van der Waals surface area (Å²) in [6, 6.07) is -0.100. The van der Waals surface area contributed by atoms with E-state index in [4.69, 9.17) is 4.74 Å². The summed E-state index contributed by atoms with van der Waals surface area (Å²) in [4.78, 5) is 13.8. The molecule has 1 saturated heterocycles. The smallest absolute Gasteiger partial charge is 0.323 e. The molecule has 0 aromatic carbocycles. The Hall–Kier alpha value is -1.21. The van der Waals surface area contributed by atoms with Gasteiger partial charge < -0.3 is 9.64 Å². The van der Waals surface area contributed by atoms with E-state index in [2.05, 4.69) is 15.5 Å². The molecule has 3 rings (SSSR count). The maximum Gasteiger partial charge on any atom is 0.323 e. The van der Waals surface area contributed by atoms with Crippen molar-refractivity contribution < 1.29 is 9.53 Å². The number of nitrogens with one attached hydrogen (secondary N) is 1. The quantitative estimate of drug-likeness (QED) is 0.928. The number of carbonyl (C=O) groups excluding carboxylic acids is 1. The van der Waals surface area contributed by atoms with Crippen LogP contribution in [0, 0.1) is 5.92 Å². The fraction of sp³-hybridized carbons (Fsp3) is 0.769. The summed E-state index contributed by atoms with van der Waals surface area (Å²) in [6.45, 7) is 2.49. The standard InChI is InChI=1S/C13H20N4O2S/c18-13(17-5-7-19-8-6-17)14-12-16-15-11(20-12)9-10-3-1-2-4-10/h10H,1-9H2,(H,14,16,18). The maximum atomic E-state index is 12.0. The SMILES string of the molecule is O=C(Nc1nnc(CC2CCCC2)s1)N1CCOCC1. The Balaban J connectivity index is 1.52. The van der Waals surface area contributed by atoms with E-state index in [0.717, 1.165) is 17.3 Å². The van der Waals surface area contributed by atoms with Gasteiger partial charge in [0.1, 0.15) is 5.01 Å². The second-order valence-corrected chi connectivity index (χ2v) is 6.45. The minimum atomic E-state index is -0.100. The van der Waals surface area contributed by atoms with Crippen molar-refractivity contribution in [3.63, 3.8) is 0 Å². The molecule has 2 aliphatic rings. The van der Waals surface area contributed by atoms with Crippen LogP contribution in [0.5, 0.6) is 0 Å². The van der Waals surface area contributed by atoms with Crippen LogP contribution in [0.15, 0.2) is 0 Å². The van der Waals surface area contributed by atoms with E-state index in [9.17, 15) is 4.79 Å². The molecule has 0 bridgehead atoms. The lowest BCUT2D eigenvalue weighted by molar-refractivity contribution is 0.0564. The zero-order valence-electron chi connectivity index (χ0n) is 11.5. The zero-order valence-corrected chi connectivity index (χ0v) is 12.3.